The number of carboxylic acids is 1. The lowest BCUT2D eigenvalue weighted by molar-refractivity contribution is -0.141. The Labute approximate surface area is 129 Å². The van der Waals surface area contributed by atoms with Crippen LogP contribution < -0.4 is 0 Å². The number of fused-ring (bicyclic) bond motifs is 1. The molecule has 0 radical (unpaired) electrons. The molecule has 5 nitrogen and oxygen atoms in total. The smallest absolute Gasteiger partial charge is 0.312 e. The number of hydrogen-bond acceptors (Lipinski definition) is 3. The molecule has 1 amide bonds. The molecule has 5 heteroatoms. The largest absolute Gasteiger partial charge is 0.481 e. The van der Waals surface area contributed by atoms with E-state index in [1.165, 1.54) is 0 Å². The van der Waals surface area contributed by atoms with Gasteiger partial charge in [-0.15, -0.1) is 0 Å². The molecule has 1 aromatic carbocycles. The third kappa shape index (κ3) is 3.14. The zero-order chi connectivity index (χ0) is 15.5. The summed E-state index contributed by atoms with van der Waals surface area (Å²) in [5.41, 5.74) is 1.77. The minimum atomic E-state index is -0.871. The number of aliphatic carboxylic acids is 1. The van der Waals surface area contributed by atoms with E-state index in [0.29, 0.717) is 13.0 Å². The van der Waals surface area contributed by atoms with Crippen LogP contribution in [0.25, 0.3) is 0 Å². The highest BCUT2D eigenvalue weighted by molar-refractivity contribution is 5.81. The molecule has 0 spiro atoms. The van der Waals surface area contributed by atoms with Crippen LogP contribution in [0.5, 0.6) is 0 Å². The Morgan fingerprint density at radius 3 is 2.86 bits per heavy atom. The maximum Gasteiger partial charge on any atom is 0.312 e. The van der Waals surface area contributed by atoms with Crippen LogP contribution in [0.1, 0.15) is 42.7 Å². The molecule has 0 bridgehead atoms. The first-order valence-electron chi connectivity index (χ1n) is 7.85. The van der Waals surface area contributed by atoms with Gasteiger partial charge in [-0.05, 0) is 30.4 Å². The van der Waals surface area contributed by atoms with Gasteiger partial charge in [0.1, 0.15) is 0 Å². The van der Waals surface area contributed by atoms with Gasteiger partial charge in [-0.1, -0.05) is 24.3 Å². The van der Waals surface area contributed by atoms with Gasteiger partial charge in [-0.25, -0.2) is 0 Å². The van der Waals surface area contributed by atoms with Crippen LogP contribution in [0.3, 0.4) is 0 Å². The minimum absolute atomic E-state index is 0.0243. The van der Waals surface area contributed by atoms with E-state index >= 15 is 0 Å². The SMILES string of the molecule is O=C(O)C1CN(C(=O)CCC2CCCO2)Cc2ccccc21. The fraction of sp³-hybridized carbons (Fsp3) is 0.529. The summed E-state index contributed by atoms with van der Waals surface area (Å²) in [6, 6.07) is 7.49. The lowest BCUT2D eigenvalue weighted by Gasteiger charge is -2.33. The number of rotatable bonds is 4. The first-order chi connectivity index (χ1) is 10.6. The monoisotopic (exact) mass is 303 g/mol. The van der Waals surface area contributed by atoms with Crippen LogP contribution in [-0.4, -0.2) is 41.1 Å². The lowest BCUT2D eigenvalue weighted by atomic mass is 9.89. The molecule has 2 unspecified atom stereocenters. The van der Waals surface area contributed by atoms with Gasteiger partial charge in [0.05, 0.1) is 12.0 Å². The van der Waals surface area contributed by atoms with Gasteiger partial charge in [0, 0.05) is 26.1 Å². The molecular formula is C17H21NO4. The lowest BCUT2D eigenvalue weighted by Crippen LogP contribution is -2.40. The standard InChI is InChI=1S/C17H21NO4/c19-16(8-7-13-5-3-9-22-13)18-10-12-4-1-2-6-14(12)15(11-18)17(20)21/h1-2,4,6,13,15H,3,5,7-11H2,(H,20,21). The van der Waals surface area contributed by atoms with Crippen LogP contribution in [0.2, 0.25) is 0 Å². The number of nitrogens with zero attached hydrogens (tertiary/aromatic N) is 1. The van der Waals surface area contributed by atoms with Crippen molar-refractivity contribution in [2.45, 2.75) is 44.2 Å². The van der Waals surface area contributed by atoms with E-state index in [1.807, 2.05) is 24.3 Å². The summed E-state index contributed by atoms with van der Waals surface area (Å²) in [6.07, 6.45) is 3.44. The normalized spacial score (nSPS) is 24.1. The minimum Gasteiger partial charge on any atom is -0.481 e. The van der Waals surface area contributed by atoms with Crippen molar-refractivity contribution in [3.63, 3.8) is 0 Å². The molecule has 3 rings (SSSR count). The van der Waals surface area contributed by atoms with Crippen molar-refractivity contribution in [2.24, 2.45) is 0 Å². The quantitative estimate of drug-likeness (QED) is 0.925. The van der Waals surface area contributed by atoms with Gasteiger partial charge in [0.25, 0.3) is 0 Å². The molecule has 2 aliphatic rings. The molecule has 1 aromatic rings. The van der Waals surface area contributed by atoms with Crippen molar-refractivity contribution in [1.82, 2.24) is 4.90 Å². The number of hydrogen-bond donors (Lipinski definition) is 1. The summed E-state index contributed by atoms with van der Waals surface area (Å²) in [6.45, 7) is 1.55. The van der Waals surface area contributed by atoms with Crippen molar-refractivity contribution in [1.29, 1.82) is 0 Å². The van der Waals surface area contributed by atoms with Crippen molar-refractivity contribution in [3.05, 3.63) is 35.4 Å². The number of carbonyl (C=O) groups excluding carboxylic acids is 1. The topological polar surface area (TPSA) is 66.8 Å². The van der Waals surface area contributed by atoms with Crippen molar-refractivity contribution in [2.75, 3.05) is 13.2 Å². The van der Waals surface area contributed by atoms with Crippen molar-refractivity contribution < 1.29 is 19.4 Å². The number of carboxylic acid groups (broad SMARTS) is 1. The summed E-state index contributed by atoms with van der Waals surface area (Å²) in [5, 5.41) is 9.43. The van der Waals surface area contributed by atoms with E-state index in [9.17, 15) is 14.7 Å². The molecular weight excluding hydrogens is 282 g/mol. The summed E-state index contributed by atoms with van der Waals surface area (Å²) >= 11 is 0. The van der Waals surface area contributed by atoms with Crippen LogP contribution in [0, 0.1) is 0 Å². The van der Waals surface area contributed by atoms with Crippen LogP contribution >= 0.6 is 0 Å². The second kappa shape index (κ2) is 6.48. The molecule has 2 atom stereocenters. The number of carbonyl (C=O) groups is 2. The molecule has 22 heavy (non-hydrogen) atoms. The predicted molar refractivity (Wildman–Crippen MR) is 80.4 cm³/mol. The Kier molecular flexibility index (Phi) is 4.43. The fourth-order valence-electron chi connectivity index (χ4n) is 3.32. The highest BCUT2D eigenvalue weighted by Crippen LogP contribution is 2.29. The van der Waals surface area contributed by atoms with Gasteiger partial charge in [0.15, 0.2) is 0 Å². The first-order valence-corrected chi connectivity index (χ1v) is 7.85. The molecule has 2 heterocycles. The summed E-state index contributed by atoms with van der Waals surface area (Å²) < 4.78 is 5.54. The summed E-state index contributed by atoms with van der Waals surface area (Å²) in [5.74, 6) is -1.48. The van der Waals surface area contributed by atoms with Gasteiger partial charge >= 0.3 is 5.97 Å². The van der Waals surface area contributed by atoms with Gasteiger partial charge in [-0.3, -0.25) is 9.59 Å². The Morgan fingerprint density at radius 2 is 2.14 bits per heavy atom. The zero-order valence-corrected chi connectivity index (χ0v) is 12.5. The molecule has 0 saturated carbocycles. The zero-order valence-electron chi connectivity index (χ0n) is 12.5. The van der Waals surface area contributed by atoms with Gasteiger partial charge in [0.2, 0.25) is 5.91 Å². The number of benzene rings is 1. The highest BCUT2D eigenvalue weighted by atomic mass is 16.5. The maximum absolute atomic E-state index is 12.4. The molecule has 0 aliphatic carbocycles. The van der Waals surface area contributed by atoms with Gasteiger partial charge < -0.3 is 14.7 Å². The molecule has 118 valence electrons. The Bertz CT molecular complexity index is 566. The maximum atomic E-state index is 12.4. The average Bonchev–Trinajstić information content (AvgIpc) is 3.04. The molecule has 2 aliphatic heterocycles. The molecule has 1 N–H and O–H groups in total. The van der Waals surface area contributed by atoms with Crippen LogP contribution in [0.15, 0.2) is 24.3 Å². The molecule has 0 aromatic heterocycles. The average molecular weight is 303 g/mol. The van der Waals surface area contributed by atoms with E-state index < -0.39 is 11.9 Å². The Hall–Kier alpha value is -1.88. The fourth-order valence-corrected chi connectivity index (χ4v) is 3.32. The molecule has 1 saturated heterocycles. The van der Waals surface area contributed by atoms with Gasteiger partial charge in [-0.2, -0.15) is 0 Å². The van der Waals surface area contributed by atoms with Crippen LogP contribution in [-0.2, 0) is 20.9 Å². The van der Waals surface area contributed by atoms with E-state index in [4.69, 9.17) is 4.74 Å². The van der Waals surface area contributed by atoms with Crippen molar-refractivity contribution in [3.8, 4) is 0 Å². The second-order valence-corrected chi connectivity index (χ2v) is 6.04. The number of amides is 1. The third-order valence-corrected chi connectivity index (χ3v) is 4.55. The number of ether oxygens (including phenoxy) is 1. The van der Waals surface area contributed by atoms with Crippen LogP contribution in [0.4, 0.5) is 0 Å². The predicted octanol–water partition coefficient (Wildman–Crippen LogP) is 2.16. The van der Waals surface area contributed by atoms with E-state index in [2.05, 4.69) is 0 Å². The third-order valence-electron chi connectivity index (χ3n) is 4.55. The highest BCUT2D eigenvalue weighted by Gasteiger charge is 2.32. The molecule has 1 fully saturated rings. The van der Waals surface area contributed by atoms with E-state index in [1.54, 1.807) is 4.90 Å². The first kappa shape index (κ1) is 15.0. The summed E-state index contributed by atoms with van der Waals surface area (Å²) in [4.78, 5) is 25.6. The Morgan fingerprint density at radius 1 is 1.32 bits per heavy atom. The van der Waals surface area contributed by atoms with E-state index in [0.717, 1.165) is 37.0 Å². The van der Waals surface area contributed by atoms with E-state index in [-0.39, 0.29) is 18.6 Å². The summed E-state index contributed by atoms with van der Waals surface area (Å²) in [7, 11) is 0. The van der Waals surface area contributed by atoms with Crippen molar-refractivity contribution >= 4 is 11.9 Å². The Balaban J connectivity index is 1.67. The second-order valence-electron chi connectivity index (χ2n) is 6.04.